The van der Waals surface area contributed by atoms with E-state index in [0.29, 0.717) is 5.41 Å². The summed E-state index contributed by atoms with van der Waals surface area (Å²) in [6, 6.07) is 9.15. The van der Waals surface area contributed by atoms with Crippen LogP contribution in [-0.4, -0.2) is 0 Å². The Balaban J connectivity index is 2.11. The predicted molar refractivity (Wildman–Crippen MR) is 62.8 cm³/mol. The van der Waals surface area contributed by atoms with Crippen LogP contribution in [0, 0.1) is 0 Å². The van der Waals surface area contributed by atoms with Crippen molar-refractivity contribution in [3.63, 3.8) is 0 Å². The van der Waals surface area contributed by atoms with E-state index in [4.69, 9.17) is 5.73 Å². The first-order valence-electron chi connectivity index (χ1n) is 6.17. The molecule has 2 aliphatic rings. The summed E-state index contributed by atoms with van der Waals surface area (Å²) in [5.41, 5.74) is 9.70. The lowest BCUT2D eigenvalue weighted by Gasteiger charge is -2.38. The molecule has 0 bridgehead atoms. The van der Waals surface area contributed by atoms with Gasteiger partial charge in [-0.15, -0.1) is 0 Å². The van der Waals surface area contributed by atoms with Crippen molar-refractivity contribution in [1.82, 2.24) is 0 Å². The maximum atomic E-state index is 6.20. The molecule has 1 aromatic rings. The maximum Gasteiger partial charge on any atom is 0.0298 e. The molecule has 15 heavy (non-hydrogen) atoms. The number of nitrogens with two attached hydrogens (primary N) is 1. The van der Waals surface area contributed by atoms with Crippen LogP contribution in [0.2, 0.25) is 0 Å². The Kier molecular flexibility index (Phi) is 2.10. The van der Waals surface area contributed by atoms with Crippen molar-refractivity contribution in [2.24, 2.45) is 5.73 Å². The smallest absolute Gasteiger partial charge is 0.0298 e. The predicted octanol–water partition coefficient (Wildman–Crippen LogP) is 3.29. The molecule has 1 saturated carbocycles. The van der Waals surface area contributed by atoms with Crippen molar-refractivity contribution in [1.29, 1.82) is 0 Å². The zero-order valence-electron chi connectivity index (χ0n) is 9.21. The molecule has 0 aromatic heterocycles. The molecule has 0 saturated heterocycles. The fourth-order valence-electron chi connectivity index (χ4n) is 3.60. The number of rotatable bonds is 0. The van der Waals surface area contributed by atoms with Gasteiger partial charge in [-0.3, -0.25) is 0 Å². The second-order valence-corrected chi connectivity index (χ2v) is 5.22. The van der Waals surface area contributed by atoms with Crippen molar-refractivity contribution in [3.05, 3.63) is 35.4 Å². The highest BCUT2D eigenvalue weighted by atomic mass is 14.7. The molecule has 1 heteroatoms. The second kappa shape index (κ2) is 3.34. The average Bonchev–Trinajstić information content (AvgIpc) is 2.74. The van der Waals surface area contributed by atoms with Gasteiger partial charge in [0, 0.05) is 6.04 Å². The largest absolute Gasteiger partial charge is 0.324 e. The molecule has 0 amide bonds. The van der Waals surface area contributed by atoms with E-state index in [9.17, 15) is 0 Å². The zero-order valence-corrected chi connectivity index (χ0v) is 9.21. The molecule has 3 rings (SSSR count). The van der Waals surface area contributed by atoms with E-state index in [1.807, 2.05) is 0 Å². The molecule has 0 radical (unpaired) electrons. The van der Waals surface area contributed by atoms with Gasteiger partial charge in [0.2, 0.25) is 0 Å². The Labute approximate surface area is 91.7 Å². The van der Waals surface area contributed by atoms with E-state index >= 15 is 0 Å². The normalized spacial score (nSPS) is 27.9. The third kappa shape index (κ3) is 1.33. The highest BCUT2D eigenvalue weighted by Gasteiger charge is 2.40. The summed E-state index contributed by atoms with van der Waals surface area (Å²) < 4.78 is 0. The van der Waals surface area contributed by atoms with Crippen molar-refractivity contribution in [3.8, 4) is 0 Å². The van der Waals surface area contributed by atoms with Gasteiger partial charge in [-0.2, -0.15) is 0 Å². The van der Waals surface area contributed by atoms with Crippen LogP contribution in [0.3, 0.4) is 0 Å². The van der Waals surface area contributed by atoms with Crippen LogP contribution in [0.4, 0.5) is 0 Å². The fourth-order valence-corrected chi connectivity index (χ4v) is 3.60. The Morgan fingerprint density at radius 3 is 2.60 bits per heavy atom. The fraction of sp³-hybridized carbons (Fsp3) is 0.571. The lowest BCUT2D eigenvalue weighted by atomic mass is 9.67. The Bertz CT molecular complexity index is 363. The average molecular weight is 201 g/mol. The van der Waals surface area contributed by atoms with Gasteiger partial charge < -0.3 is 5.73 Å². The first-order chi connectivity index (χ1) is 7.32. The minimum absolute atomic E-state index is 0.285. The molecule has 1 nitrogen and oxygen atoms in total. The molecule has 80 valence electrons. The summed E-state index contributed by atoms with van der Waals surface area (Å²) in [6.45, 7) is 0. The van der Waals surface area contributed by atoms with Crippen LogP contribution in [0.1, 0.15) is 55.7 Å². The van der Waals surface area contributed by atoms with E-state index in [2.05, 4.69) is 24.3 Å². The standard InChI is InChI=1S/C14H19N/c15-13-7-10-14(8-3-4-9-14)12-6-2-1-5-11(12)13/h1-2,5-6,13H,3-4,7-10,15H2. The SMILES string of the molecule is NC1CCC2(CCCC2)c2ccccc21. The van der Waals surface area contributed by atoms with Gasteiger partial charge in [-0.05, 0) is 42.2 Å². The van der Waals surface area contributed by atoms with Crippen molar-refractivity contribution in [2.45, 2.75) is 50.0 Å². The van der Waals surface area contributed by atoms with Gasteiger partial charge in [0.25, 0.3) is 0 Å². The molecule has 1 fully saturated rings. The third-order valence-electron chi connectivity index (χ3n) is 4.43. The molecule has 1 unspecified atom stereocenters. The Morgan fingerprint density at radius 2 is 1.80 bits per heavy atom. The molecule has 0 heterocycles. The number of fused-ring (bicyclic) bond motifs is 2. The minimum Gasteiger partial charge on any atom is -0.324 e. The van der Waals surface area contributed by atoms with Crippen LogP contribution in [0.15, 0.2) is 24.3 Å². The summed E-state index contributed by atoms with van der Waals surface area (Å²) in [5.74, 6) is 0. The van der Waals surface area contributed by atoms with E-state index in [0.717, 1.165) is 0 Å². The third-order valence-corrected chi connectivity index (χ3v) is 4.43. The van der Waals surface area contributed by atoms with E-state index in [1.54, 1.807) is 5.56 Å². The zero-order chi connectivity index (χ0) is 10.3. The monoisotopic (exact) mass is 201 g/mol. The van der Waals surface area contributed by atoms with E-state index in [1.165, 1.54) is 44.1 Å². The van der Waals surface area contributed by atoms with Crippen LogP contribution < -0.4 is 5.73 Å². The van der Waals surface area contributed by atoms with Gasteiger partial charge in [-0.25, -0.2) is 0 Å². The van der Waals surface area contributed by atoms with Gasteiger partial charge in [0.1, 0.15) is 0 Å². The lowest BCUT2D eigenvalue weighted by Crippen LogP contribution is -2.32. The van der Waals surface area contributed by atoms with Crippen LogP contribution in [0.25, 0.3) is 0 Å². The topological polar surface area (TPSA) is 26.0 Å². The molecular formula is C14H19N. The van der Waals surface area contributed by atoms with Gasteiger partial charge in [0.05, 0.1) is 0 Å². The summed E-state index contributed by atoms with van der Waals surface area (Å²) in [6.07, 6.45) is 8.07. The van der Waals surface area contributed by atoms with Crippen molar-refractivity contribution in [2.75, 3.05) is 0 Å². The summed E-state index contributed by atoms with van der Waals surface area (Å²) in [4.78, 5) is 0. The van der Waals surface area contributed by atoms with Gasteiger partial charge in [0.15, 0.2) is 0 Å². The molecular weight excluding hydrogens is 182 g/mol. The van der Waals surface area contributed by atoms with E-state index < -0.39 is 0 Å². The molecule has 2 aliphatic carbocycles. The van der Waals surface area contributed by atoms with Crippen LogP contribution in [-0.2, 0) is 5.41 Å². The first kappa shape index (κ1) is 9.41. The molecule has 1 aromatic carbocycles. The first-order valence-corrected chi connectivity index (χ1v) is 6.17. The maximum absolute atomic E-state index is 6.20. The summed E-state index contributed by atoms with van der Waals surface area (Å²) >= 11 is 0. The number of benzene rings is 1. The van der Waals surface area contributed by atoms with Gasteiger partial charge in [-0.1, -0.05) is 37.1 Å². The highest BCUT2D eigenvalue weighted by Crippen LogP contribution is 2.50. The van der Waals surface area contributed by atoms with Gasteiger partial charge >= 0.3 is 0 Å². The second-order valence-electron chi connectivity index (χ2n) is 5.22. The van der Waals surface area contributed by atoms with Crippen LogP contribution in [0.5, 0.6) is 0 Å². The Morgan fingerprint density at radius 1 is 1.07 bits per heavy atom. The molecule has 2 N–H and O–H groups in total. The minimum atomic E-state index is 0.285. The molecule has 1 spiro atoms. The Hall–Kier alpha value is -0.820. The lowest BCUT2D eigenvalue weighted by molar-refractivity contribution is 0.344. The number of hydrogen-bond acceptors (Lipinski definition) is 1. The quantitative estimate of drug-likeness (QED) is 0.685. The number of hydrogen-bond donors (Lipinski definition) is 1. The van der Waals surface area contributed by atoms with Crippen LogP contribution >= 0.6 is 0 Å². The summed E-state index contributed by atoms with van der Waals surface area (Å²) in [5, 5.41) is 0. The van der Waals surface area contributed by atoms with Crippen molar-refractivity contribution >= 4 is 0 Å². The van der Waals surface area contributed by atoms with E-state index in [-0.39, 0.29) is 6.04 Å². The molecule has 1 atom stereocenters. The van der Waals surface area contributed by atoms with Crippen molar-refractivity contribution < 1.29 is 0 Å². The highest BCUT2D eigenvalue weighted by molar-refractivity contribution is 5.39. The molecule has 0 aliphatic heterocycles. The summed E-state index contributed by atoms with van der Waals surface area (Å²) in [7, 11) is 0.